The predicted molar refractivity (Wildman–Crippen MR) is 163 cm³/mol. The fraction of sp³-hybridized carbons (Fsp3) is 0. The first-order chi connectivity index (χ1) is 18.3. The molecule has 0 unspecified atom stereocenters. The van der Waals surface area contributed by atoms with Crippen molar-refractivity contribution in [3.63, 3.8) is 0 Å². The summed E-state index contributed by atoms with van der Waals surface area (Å²) in [6.07, 6.45) is 0. The zero-order chi connectivity index (χ0) is 24.3. The van der Waals surface area contributed by atoms with Crippen molar-refractivity contribution < 1.29 is 0 Å². The van der Waals surface area contributed by atoms with E-state index in [1.54, 1.807) is 0 Å². The standard InChI is InChI=1S/C34H21NSe2/c1-2-8-23(9-3-1)35(25-16-19-29-27-10-4-6-12-31(27)36-33(29)21-25)24-15-18-26-22(20-24)14-17-30-28-11-5-7-13-32(28)37-34(26)30/h1-21H. The Morgan fingerprint density at radius 1 is 0.378 bits per heavy atom. The van der Waals surface area contributed by atoms with Gasteiger partial charge in [-0.15, -0.1) is 0 Å². The number of nitrogens with zero attached hydrogens (tertiary/aromatic N) is 1. The van der Waals surface area contributed by atoms with Crippen molar-refractivity contribution >= 4 is 95.4 Å². The van der Waals surface area contributed by atoms with Gasteiger partial charge >= 0.3 is 228 Å². The molecule has 0 aliphatic carbocycles. The summed E-state index contributed by atoms with van der Waals surface area (Å²) in [4.78, 5) is 2.41. The monoisotopic (exact) mass is 603 g/mol. The van der Waals surface area contributed by atoms with E-state index < -0.39 is 0 Å². The third-order valence-electron chi connectivity index (χ3n) is 7.24. The zero-order valence-corrected chi connectivity index (χ0v) is 23.3. The molecule has 6 aromatic carbocycles. The van der Waals surface area contributed by atoms with Crippen molar-refractivity contribution in [2.45, 2.75) is 0 Å². The second kappa shape index (κ2) is 8.48. The fourth-order valence-corrected chi connectivity index (χ4v) is 10.5. The van der Waals surface area contributed by atoms with Crippen LogP contribution in [0.15, 0.2) is 127 Å². The Hall–Kier alpha value is -3.58. The summed E-state index contributed by atoms with van der Waals surface area (Å²) >= 11 is 0.689. The maximum atomic E-state index is 2.41. The molecule has 0 saturated carbocycles. The Morgan fingerprint density at radius 2 is 0.973 bits per heavy atom. The number of para-hydroxylation sites is 1. The van der Waals surface area contributed by atoms with Crippen LogP contribution in [-0.4, -0.2) is 29.0 Å². The number of benzene rings is 6. The van der Waals surface area contributed by atoms with Gasteiger partial charge in [-0.2, -0.15) is 0 Å². The molecule has 0 aliphatic heterocycles. The number of anilines is 3. The van der Waals surface area contributed by atoms with Gasteiger partial charge in [0.15, 0.2) is 0 Å². The van der Waals surface area contributed by atoms with Gasteiger partial charge in [0.25, 0.3) is 0 Å². The van der Waals surface area contributed by atoms with E-state index in [1.807, 2.05) is 0 Å². The zero-order valence-electron chi connectivity index (χ0n) is 19.9. The van der Waals surface area contributed by atoms with Gasteiger partial charge in [0.2, 0.25) is 0 Å². The van der Waals surface area contributed by atoms with Crippen molar-refractivity contribution in [1.82, 2.24) is 0 Å². The van der Waals surface area contributed by atoms with Gasteiger partial charge < -0.3 is 0 Å². The summed E-state index contributed by atoms with van der Waals surface area (Å²) in [6.45, 7) is 0. The average molecular weight is 601 g/mol. The van der Waals surface area contributed by atoms with Gasteiger partial charge in [-0.1, -0.05) is 0 Å². The molecule has 0 radical (unpaired) electrons. The van der Waals surface area contributed by atoms with Crippen LogP contribution in [0.4, 0.5) is 17.1 Å². The summed E-state index contributed by atoms with van der Waals surface area (Å²) in [7, 11) is 0. The van der Waals surface area contributed by atoms with Crippen molar-refractivity contribution in [3.8, 4) is 0 Å². The molecule has 0 saturated heterocycles. The first-order valence-electron chi connectivity index (χ1n) is 12.4. The number of hydrogen-bond donors (Lipinski definition) is 0. The maximum absolute atomic E-state index is 2.41. The van der Waals surface area contributed by atoms with Crippen LogP contribution in [0, 0.1) is 0 Å². The van der Waals surface area contributed by atoms with Gasteiger partial charge in [0.05, 0.1) is 0 Å². The first-order valence-corrected chi connectivity index (χ1v) is 15.9. The molecule has 0 amide bonds. The second-order valence-electron chi connectivity index (χ2n) is 9.40. The van der Waals surface area contributed by atoms with E-state index in [-0.39, 0.29) is 0 Å². The van der Waals surface area contributed by atoms with Crippen LogP contribution in [0.25, 0.3) is 49.4 Å². The average Bonchev–Trinajstić information content (AvgIpc) is 3.52. The summed E-state index contributed by atoms with van der Waals surface area (Å²) in [5.41, 5.74) is 3.60. The Labute approximate surface area is 226 Å². The van der Waals surface area contributed by atoms with Crippen LogP contribution in [-0.2, 0) is 0 Å². The molecule has 0 fully saturated rings. The van der Waals surface area contributed by atoms with Crippen molar-refractivity contribution in [3.05, 3.63) is 127 Å². The van der Waals surface area contributed by atoms with Crippen LogP contribution in [0.2, 0.25) is 0 Å². The molecule has 8 rings (SSSR count). The third-order valence-corrected chi connectivity index (χ3v) is 12.2. The summed E-state index contributed by atoms with van der Waals surface area (Å²) < 4.78 is 5.96. The Morgan fingerprint density at radius 3 is 1.78 bits per heavy atom. The summed E-state index contributed by atoms with van der Waals surface area (Å²) in [5, 5.41) is 8.32. The Bertz CT molecular complexity index is 2100. The predicted octanol–water partition coefficient (Wildman–Crippen LogP) is 9.04. The van der Waals surface area contributed by atoms with E-state index in [1.165, 1.54) is 66.4 Å². The third kappa shape index (κ3) is 3.44. The van der Waals surface area contributed by atoms with E-state index >= 15 is 0 Å². The topological polar surface area (TPSA) is 3.24 Å². The molecule has 0 atom stereocenters. The normalized spacial score (nSPS) is 11.8. The Kier molecular flexibility index (Phi) is 4.93. The van der Waals surface area contributed by atoms with E-state index in [0.717, 1.165) is 0 Å². The minimum atomic E-state index is 0.339. The number of hydrogen-bond acceptors (Lipinski definition) is 1. The molecular weight excluding hydrogens is 580 g/mol. The van der Waals surface area contributed by atoms with Crippen molar-refractivity contribution in [2.75, 3.05) is 4.90 Å². The minimum absolute atomic E-state index is 0.339. The van der Waals surface area contributed by atoms with Gasteiger partial charge in [-0.3, -0.25) is 0 Å². The van der Waals surface area contributed by atoms with Gasteiger partial charge in [0, 0.05) is 0 Å². The molecule has 0 spiro atoms. The van der Waals surface area contributed by atoms with Gasteiger partial charge in [-0.05, 0) is 0 Å². The number of fused-ring (bicyclic) bond motifs is 8. The van der Waals surface area contributed by atoms with Crippen LogP contribution in [0.5, 0.6) is 0 Å². The molecule has 2 aromatic heterocycles. The molecule has 1 nitrogen and oxygen atoms in total. The van der Waals surface area contributed by atoms with Gasteiger partial charge in [0.1, 0.15) is 0 Å². The second-order valence-corrected chi connectivity index (χ2v) is 13.9. The van der Waals surface area contributed by atoms with E-state index in [9.17, 15) is 0 Å². The van der Waals surface area contributed by atoms with Gasteiger partial charge in [-0.25, -0.2) is 0 Å². The van der Waals surface area contributed by atoms with Crippen molar-refractivity contribution in [1.29, 1.82) is 0 Å². The molecular formula is C34H21NSe2. The van der Waals surface area contributed by atoms with Crippen LogP contribution < -0.4 is 4.90 Å². The quantitative estimate of drug-likeness (QED) is 0.183. The molecule has 0 aliphatic rings. The summed E-state index contributed by atoms with van der Waals surface area (Å²) in [6, 6.07) is 47.2. The molecule has 2 heterocycles. The first kappa shape index (κ1) is 21.5. The van der Waals surface area contributed by atoms with Crippen LogP contribution in [0.3, 0.4) is 0 Å². The molecule has 174 valence electrons. The SMILES string of the molecule is c1ccc(N(c2ccc3c(ccc4c5ccccc5[se]c34)c2)c2ccc3c(c2)[se]c2ccccc23)cc1. The van der Waals surface area contributed by atoms with Crippen LogP contribution >= 0.6 is 0 Å². The number of rotatable bonds is 3. The molecule has 0 bridgehead atoms. The van der Waals surface area contributed by atoms with E-state index in [4.69, 9.17) is 0 Å². The van der Waals surface area contributed by atoms with E-state index in [0.29, 0.717) is 29.0 Å². The molecule has 8 aromatic rings. The van der Waals surface area contributed by atoms with Crippen molar-refractivity contribution in [2.24, 2.45) is 0 Å². The van der Waals surface area contributed by atoms with Crippen LogP contribution in [0.1, 0.15) is 0 Å². The molecule has 0 N–H and O–H groups in total. The molecule has 3 heteroatoms. The molecule has 37 heavy (non-hydrogen) atoms. The van der Waals surface area contributed by atoms with E-state index in [2.05, 4.69) is 132 Å². The Balaban J connectivity index is 1.33. The summed E-state index contributed by atoms with van der Waals surface area (Å²) in [5.74, 6) is 0. The fourth-order valence-electron chi connectivity index (χ4n) is 5.52.